The Morgan fingerprint density at radius 3 is 2.42 bits per heavy atom. The van der Waals surface area contributed by atoms with E-state index in [1.54, 1.807) is 0 Å². The van der Waals surface area contributed by atoms with Gasteiger partial charge >= 0.3 is 11.9 Å². The number of carbonyl (C=O) groups excluding carboxylic acids is 3. The number of nitrogens with zero attached hydrogens (tertiary/aromatic N) is 4. The fraction of sp³-hybridized carbons (Fsp3) is 0.500. The number of amides is 1. The highest BCUT2D eigenvalue weighted by molar-refractivity contribution is 5.87. The second-order valence-corrected chi connectivity index (χ2v) is 5.26. The molecule has 140 valence electrons. The van der Waals surface area contributed by atoms with E-state index in [9.17, 15) is 14.4 Å². The first kappa shape index (κ1) is 14.2. The number of carbonyl (C=O) groups is 3. The first-order valence-electron chi connectivity index (χ1n) is 9.61. The van der Waals surface area contributed by atoms with Crippen molar-refractivity contribution in [2.24, 2.45) is 5.92 Å². The predicted molar refractivity (Wildman–Crippen MR) is 91.0 cm³/mol. The maximum Gasteiger partial charge on any atom is 0.302 e. The third-order valence-electron chi connectivity index (χ3n) is 2.94. The lowest BCUT2D eigenvalue weighted by Gasteiger charge is -2.16. The number of imidazole rings is 1. The van der Waals surface area contributed by atoms with Crippen LogP contribution >= 0.6 is 0 Å². The first-order chi connectivity index (χ1) is 13.9. The zero-order valence-electron chi connectivity index (χ0n) is 18.5. The van der Waals surface area contributed by atoms with E-state index in [0.29, 0.717) is 0 Å². The van der Waals surface area contributed by atoms with Gasteiger partial charge in [-0.05, 0) is 6.37 Å². The van der Waals surface area contributed by atoms with Gasteiger partial charge in [-0.15, -0.1) is 0 Å². The maximum absolute atomic E-state index is 11.2. The number of ether oxygens (including phenoxy) is 2. The quantitative estimate of drug-likeness (QED) is 0.683. The fourth-order valence-corrected chi connectivity index (χ4v) is 1.84. The molecule has 0 aliphatic heterocycles. The lowest BCUT2D eigenvalue weighted by atomic mass is 10.1. The molecule has 10 nitrogen and oxygen atoms in total. The molecule has 0 saturated heterocycles. The summed E-state index contributed by atoms with van der Waals surface area (Å²) in [5.74, 6) is -3.28. The van der Waals surface area contributed by atoms with E-state index < -0.39 is 49.8 Å². The zero-order chi connectivity index (χ0) is 22.7. The van der Waals surface area contributed by atoms with Crippen LogP contribution in [-0.2, 0) is 30.4 Å². The molecule has 0 spiro atoms. The van der Waals surface area contributed by atoms with Gasteiger partial charge < -0.3 is 14.0 Å². The van der Waals surface area contributed by atoms with Crippen LogP contribution in [0.3, 0.4) is 0 Å². The summed E-state index contributed by atoms with van der Waals surface area (Å²) < 4.78 is 44.4. The number of hydrogen-bond acceptors (Lipinski definition) is 8. The second kappa shape index (κ2) is 8.88. The summed E-state index contributed by atoms with van der Waals surface area (Å²) in [6.07, 6.45) is -0.404. The lowest BCUT2D eigenvalue weighted by Crippen LogP contribution is -2.21. The molecule has 26 heavy (non-hydrogen) atoms. The van der Waals surface area contributed by atoms with Crippen LogP contribution in [0.4, 0.5) is 5.95 Å². The molecule has 0 aliphatic rings. The molecular weight excluding hydrogens is 342 g/mol. The minimum atomic E-state index is -2.77. The zero-order valence-corrected chi connectivity index (χ0v) is 14.5. The Morgan fingerprint density at radius 1 is 1.19 bits per heavy atom. The van der Waals surface area contributed by atoms with Gasteiger partial charge in [-0.25, -0.2) is 9.97 Å². The van der Waals surface area contributed by atoms with Gasteiger partial charge in [0.2, 0.25) is 11.9 Å². The van der Waals surface area contributed by atoms with Gasteiger partial charge in [-0.1, -0.05) is 0 Å². The predicted octanol–water partition coefficient (Wildman–Crippen LogP) is 0.917. The molecule has 1 amide bonds. The summed E-state index contributed by atoms with van der Waals surface area (Å²) in [6, 6.07) is 0. The summed E-state index contributed by atoms with van der Waals surface area (Å²) in [4.78, 5) is 45.5. The molecule has 1 N–H and O–H groups in total. The van der Waals surface area contributed by atoms with Crippen molar-refractivity contribution in [3.63, 3.8) is 0 Å². The van der Waals surface area contributed by atoms with Gasteiger partial charge in [0.25, 0.3) is 0 Å². The van der Waals surface area contributed by atoms with E-state index in [2.05, 4.69) is 20.3 Å². The SMILES string of the molecule is [2H]C([2H])(C(COC(C)=O)COC(C)=O)C([2H])([2H])n1cnc2cnc(NC(C)=O)nc21. The van der Waals surface area contributed by atoms with Crippen LogP contribution in [0.25, 0.3) is 11.2 Å². The molecule has 0 aliphatic carbocycles. The Bertz CT molecular complexity index is 947. The van der Waals surface area contributed by atoms with Crippen molar-refractivity contribution in [1.29, 1.82) is 0 Å². The maximum atomic E-state index is 11.2. The minimum Gasteiger partial charge on any atom is -0.465 e. The molecule has 0 atom stereocenters. The van der Waals surface area contributed by atoms with Crippen LogP contribution in [0.15, 0.2) is 12.5 Å². The molecule has 2 heterocycles. The average molecular weight is 367 g/mol. The van der Waals surface area contributed by atoms with Crippen molar-refractivity contribution < 1.29 is 29.3 Å². The third kappa shape index (κ3) is 5.80. The monoisotopic (exact) mass is 367 g/mol. The number of hydrogen-bond donors (Lipinski definition) is 1. The van der Waals surface area contributed by atoms with Gasteiger partial charge in [-0.3, -0.25) is 19.7 Å². The van der Waals surface area contributed by atoms with Crippen molar-refractivity contribution in [3.8, 4) is 0 Å². The van der Waals surface area contributed by atoms with Crippen molar-refractivity contribution in [3.05, 3.63) is 12.5 Å². The number of esters is 2. The lowest BCUT2D eigenvalue weighted by molar-refractivity contribution is -0.146. The van der Waals surface area contributed by atoms with E-state index in [1.807, 2.05) is 0 Å². The van der Waals surface area contributed by atoms with Crippen LogP contribution in [0.5, 0.6) is 0 Å². The second-order valence-electron chi connectivity index (χ2n) is 5.26. The number of aryl methyl sites for hydroxylation is 1. The van der Waals surface area contributed by atoms with Crippen molar-refractivity contribution in [1.82, 2.24) is 19.5 Å². The molecule has 0 aromatic carbocycles. The minimum absolute atomic E-state index is 0.0682. The Hall–Kier alpha value is -3.04. The summed E-state index contributed by atoms with van der Waals surface area (Å²) in [6.45, 7) is -0.318. The molecule has 0 saturated carbocycles. The van der Waals surface area contributed by atoms with Crippen LogP contribution in [0, 0.1) is 5.92 Å². The molecule has 0 fully saturated rings. The topological polar surface area (TPSA) is 125 Å². The largest absolute Gasteiger partial charge is 0.465 e. The van der Waals surface area contributed by atoms with Gasteiger partial charge in [0.05, 0.1) is 25.7 Å². The highest BCUT2D eigenvalue weighted by atomic mass is 16.5. The van der Waals surface area contributed by atoms with E-state index in [4.69, 9.17) is 15.0 Å². The van der Waals surface area contributed by atoms with Crippen molar-refractivity contribution in [2.45, 2.75) is 33.6 Å². The number of aromatic nitrogens is 4. The first-order valence-corrected chi connectivity index (χ1v) is 7.61. The molecule has 2 aromatic heterocycles. The van der Waals surface area contributed by atoms with Gasteiger partial charge in [0.1, 0.15) is 5.52 Å². The van der Waals surface area contributed by atoms with Gasteiger partial charge in [0.15, 0.2) is 5.65 Å². The van der Waals surface area contributed by atoms with E-state index in [0.717, 1.165) is 24.7 Å². The van der Waals surface area contributed by atoms with Gasteiger partial charge in [0, 0.05) is 38.7 Å². The van der Waals surface area contributed by atoms with Crippen LogP contribution in [0.2, 0.25) is 0 Å². The van der Waals surface area contributed by atoms with Crippen LogP contribution in [-0.4, -0.2) is 50.6 Å². The normalized spacial score (nSPS) is 14.2. The Morgan fingerprint density at radius 2 is 1.85 bits per heavy atom. The highest BCUT2D eigenvalue weighted by Gasteiger charge is 2.15. The average Bonchev–Trinajstić information content (AvgIpc) is 3.04. The molecule has 0 bridgehead atoms. The van der Waals surface area contributed by atoms with Gasteiger partial charge in [-0.2, -0.15) is 4.98 Å². The molecule has 2 rings (SSSR count). The number of rotatable bonds is 8. The van der Waals surface area contributed by atoms with Crippen LogP contribution in [0.1, 0.15) is 32.6 Å². The summed E-state index contributed by atoms with van der Waals surface area (Å²) in [5.41, 5.74) is 0.0987. The number of anilines is 1. The molecule has 2 aromatic rings. The Labute approximate surface area is 155 Å². The third-order valence-corrected chi connectivity index (χ3v) is 2.94. The molecule has 10 heteroatoms. The molecule has 0 radical (unpaired) electrons. The summed E-state index contributed by atoms with van der Waals surface area (Å²) in [7, 11) is 0. The summed E-state index contributed by atoms with van der Waals surface area (Å²) >= 11 is 0. The standard InChI is InChI=1S/C16H21N5O5/c1-10(22)19-16-17-6-14-15(20-16)21(9-18-14)5-4-13(7-25-11(2)23)8-26-12(3)24/h6,9,13H,4-5,7-8H2,1-3H3,(H,17,19,20,22)/i4D2,5D2. The van der Waals surface area contributed by atoms with E-state index in [-0.39, 0.29) is 17.1 Å². The van der Waals surface area contributed by atoms with Crippen LogP contribution < -0.4 is 5.32 Å². The van der Waals surface area contributed by atoms with Crippen molar-refractivity contribution >= 4 is 35.0 Å². The number of fused-ring (bicyclic) bond motifs is 1. The summed E-state index contributed by atoms with van der Waals surface area (Å²) in [5, 5.41) is 2.36. The molecule has 0 unspecified atom stereocenters. The highest BCUT2D eigenvalue weighted by Crippen LogP contribution is 2.14. The Kier molecular flexibility index (Phi) is 4.84. The van der Waals surface area contributed by atoms with E-state index >= 15 is 0 Å². The van der Waals surface area contributed by atoms with E-state index in [1.165, 1.54) is 13.1 Å². The molecular formula is C16H21N5O5. The smallest absolute Gasteiger partial charge is 0.302 e. The Balaban J connectivity index is 2.47. The number of nitrogens with one attached hydrogen (secondary N) is 1. The fourth-order valence-electron chi connectivity index (χ4n) is 1.84. The van der Waals surface area contributed by atoms with Crippen molar-refractivity contribution in [2.75, 3.05) is 18.5 Å².